The fourth-order valence-corrected chi connectivity index (χ4v) is 2.61. The molecule has 0 aromatic heterocycles. The summed E-state index contributed by atoms with van der Waals surface area (Å²) < 4.78 is 6.03. The summed E-state index contributed by atoms with van der Waals surface area (Å²) in [6.07, 6.45) is 8.74. The van der Waals surface area contributed by atoms with Gasteiger partial charge in [-0.05, 0) is 43.4 Å². The fraction of sp³-hybridized carbons (Fsp3) is 0.533. The molecule has 0 radical (unpaired) electrons. The molecular formula is C15H21NOS. The van der Waals surface area contributed by atoms with Crippen LogP contribution in [0.1, 0.15) is 44.1 Å². The molecule has 0 bridgehead atoms. The first-order valence-corrected chi connectivity index (χ1v) is 7.19. The Balaban J connectivity index is 1.90. The first-order chi connectivity index (χ1) is 8.74. The zero-order valence-electron chi connectivity index (χ0n) is 10.7. The number of hydrogen-bond donors (Lipinski definition) is 1. The molecule has 0 saturated heterocycles. The van der Waals surface area contributed by atoms with Crippen LogP contribution >= 0.6 is 12.2 Å². The van der Waals surface area contributed by atoms with Crippen LogP contribution in [0.4, 0.5) is 0 Å². The Labute approximate surface area is 115 Å². The molecule has 0 atom stereocenters. The number of benzene rings is 1. The highest BCUT2D eigenvalue weighted by molar-refractivity contribution is 7.80. The van der Waals surface area contributed by atoms with Crippen molar-refractivity contribution in [2.75, 3.05) is 0 Å². The molecule has 3 heteroatoms. The smallest absolute Gasteiger partial charge is 0.119 e. The minimum absolute atomic E-state index is 0.397. The second-order valence-corrected chi connectivity index (χ2v) is 5.54. The van der Waals surface area contributed by atoms with Crippen LogP contribution in [-0.2, 0) is 6.42 Å². The lowest BCUT2D eigenvalue weighted by atomic mass is 10.1. The molecule has 1 aliphatic carbocycles. The van der Waals surface area contributed by atoms with Crippen molar-refractivity contribution in [3.63, 3.8) is 0 Å². The predicted molar refractivity (Wildman–Crippen MR) is 79.0 cm³/mol. The second kappa shape index (κ2) is 6.74. The van der Waals surface area contributed by atoms with Crippen molar-refractivity contribution in [3.8, 4) is 5.75 Å². The predicted octanol–water partition coefficient (Wildman–Crippen LogP) is 3.62. The Morgan fingerprint density at radius 1 is 1.11 bits per heavy atom. The van der Waals surface area contributed by atoms with E-state index < -0.39 is 0 Å². The number of ether oxygens (including phenoxy) is 1. The summed E-state index contributed by atoms with van der Waals surface area (Å²) in [6, 6.07) is 8.15. The second-order valence-electron chi connectivity index (χ2n) is 5.02. The van der Waals surface area contributed by atoms with E-state index in [2.05, 4.69) is 0 Å². The van der Waals surface area contributed by atoms with Crippen LogP contribution in [0.5, 0.6) is 5.75 Å². The molecule has 98 valence electrons. The molecule has 0 spiro atoms. The molecule has 2 rings (SSSR count). The zero-order chi connectivity index (χ0) is 12.8. The maximum Gasteiger partial charge on any atom is 0.119 e. The third-order valence-corrected chi connectivity index (χ3v) is 3.55. The molecule has 0 unspecified atom stereocenters. The Bertz CT molecular complexity index is 380. The minimum atomic E-state index is 0.397. The van der Waals surface area contributed by atoms with E-state index >= 15 is 0 Å². The molecule has 1 saturated carbocycles. The number of nitrogens with two attached hydrogens (primary N) is 1. The lowest BCUT2D eigenvalue weighted by molar-refractivity contribution is 0.183. The van der Waals surface area contributed by atoms with Gasteiger partial charge in [-0.25, -0.2) is 0 Å². The van der Waals surface area contributed by atoms with Gasteiger partial charge in [0.05, 0.1) is 11.1 Å². The van der Waals surface area contributed by atoms with Crippen molar-refractivity contribution in [1.82, 2.24) is 0 Å². The first kappa shape index (κ1) is 13.3. The van der Waals surface area contributed by atoms with Crippen LogP contribution in [0, 0.1) is 0 Å². The van der Waals surface area contributed by atoms with E-state index in [9.17, 15) is 0 Å². The highest BCUT2D eigenvalue weighted by atomic mass is 32.1. The molecule has 18 heavy (non-hydrogen) atoms. The quantitative estimate of drug-likeness (QED) is 0.665. The number of thiocarbonyl (C=S) groups is 1. The molecule has 1 aliphatic rings. The van der Waals surface area contributed by atoms with E-state index in [0.29, 0.717) is 17.5 Å². The summed E-state index contributed by atoms with van der Waals surface area (Å²) in [5.74, 6) is 0.966. The Morgan fingerprint density at radius 2 is 1.72 bits per heavy atom. The monoisotopic (exact) mass is 263 g/mol. The van der Waals surface area contributed by atoms with Crippen molar-refractivity contribution in [2.45, 2.75) is 51.0 Å². The molecule has 0 amide bonds. The van der Waals surface area contributed by atoms with E-state index in [1.165, 1.54) is 38.5 Å². The first-order valence-electron chi connectivity index (χ1n) is 6.78. The summed E-state index contributed by atoms with van der Waals surface area (Å²) in [6.45, 7) is 0. The van der Waals surface area contributed by atoms with Gasteiger partial charge in [0.25, 0.3) is 0 Å². The van der Waals surface area contributed by atoms with Crippen LogP contribution < -0.4 is 10.5 Å². The van der Waals surface area contributed by atoms with Crippen LogP contribution in [0.3, 0.4) is 0 Å². The van der Waals surface area contributed by atoms with Crippen molar-refractivity contribution in [1.29, 1.82) is 0 Å². The van der Waals surface area contributed by atoms with Gasteiger partial charge in [-0.1, -0.05) is 37.2 Å². The van der Waals surface area contributed by atoms with E-state index in [1.807, 2.05) is 24.3 Å². The average Bonchev–Trinajstić information content (AvgIpc) is 2.60. The van der Waals surface area contributed by atoms with Gasteiger partial charge in [-0.3, -0.25) is 0 Å². The van der Waals surface area contributed by atoms with Crippen LogP contribution in [0.2, 0.25) is 0 Å². The standard InChI is InChI=1S/C15H21NOS/c16-15(18)11-12-7-9-14(10-8-12)17-13-5-3-1-2-4-6-13/h7-10,13H,1-6,11H2,(H2,16,18). The van der Waals surface area contributed by atoms with Crippen LogP contribution in [0.25, 0.3) is 0 Å². The van der Waals surface area contributed by atoms with Gasteiger partial charge in [0, 0.05) is 6.42 Å². The Kier molecular flexibility index (Phi) is 5.00. The van der Waals surface area contributed by atoms with Gasteiger partial charge in [-0.2, -0.15) is 0 Å². The highest BCUT2D eigenvalue weighted by Gasteiger charge is 2.13. The number of rotatable bonds is 4. The van der Waals surface area contributed by atoms with E-state index in [0.717, 1.165) is 11.3 Å². The largest absolute Gasteiger partial charge is 0.490 e. The maximum atomic E-state index is 6.03. The third kappa shape index (κ3) is 4.30. The number of hydrogen-bond acceptors (Lipinski definition) is 2. The van der Waals surface area contributed by atoms with Crippen LogP contribution in [0.15, 0.2) is 24.3 Å². The summed E-state index contributed by atoms with van der Waals surface area (Å²) in [7, 11) is 0. The van der Waals surface area contributed by atoms with Crippen molar-refractivity contribution < 1.29 is 4.74 Å². The average molecular weight is 263 g/mol. The lowest BCUT2D eigenvalue weighted by Crippen LogP contribution is -2.15. The SMILES string of the molecule is NC(=S)Cc1ccc(OC2CCCCCC2)cc1. The molecule has 2 nitrogen and oxygen atoms in total. The molecule has 1 fully saturated rings. The van der Waals surface area contributed by atoms with Crippen molar-refractivity contribution in [2.24, 2.45) is 5.73 Å². The fourth-order valence-electron chi connectivity index (χ4n) is 2.44. The zero-order valence-corrected chi connectivity index (χ0v) is 11.5. The van der Waals surface area contributed by atoms with Crippen molar-refractivity contribution >= 4 is 17.2 Å². The van der Waals surface area contributed by atoms with E-state index in [4.69, 9.17) is 22.7 Å². The summed E-state index contributed by atoms with van der Waals surface area (Å²) in [4.78, 5) is 0.535. The van der Waals surface area contributed by atoms with Gasteiger partial charge >= 0.3 is 0 Å². The molecule has 1 aromatic carbocycles. The van der Waals surface area contributed by atoms with Gasteiger partial charge in [0.15, 0.2) is 0 Å². The minimum Gasteiger partial charge on any atom is -0.490 e. The van der Waals surface area contributed by atoms with Crippen LogP contribution in [-0.4, -0.2) is 11.1 Å². The normalized spacial score (nSPS) is 17.1. The Hall–Kier alpha value is -1.09. The summed E-state index contributed by atoms with van der Waals surface area (Å²) in [5.41, 5.74) is 6.68. The molecule has 1 aromatic rings. The van der Waals surface area contributed by atoms with Gasteiger partial charge in [0.1, 0.15) is 5.75 Å². The van der Waals surface area contributed by atoms with E-state index in [1.54, 1.807) is 0 Å². The van der Waals surface area contributed by atoms with Crippen molar-refractivity contribution in [3.05, 3.63) is 29.8 Å². The van der Waals surface area contributed by atoms with Gasteiger partial charge < -0.3 is 10.5 Å². The molecule has 2 N–H and O–H groups in total. The maximum absolute atomic E-state index is 6.03. The molecular weight excluding hydrogens is 242 g/mol. The van der Waals surface area contributed by atoms with Gasteiger partial charge in [0.2, 0.25) is 0 Å². The summed E-state index contributed by atoms with van der Waals surface area (Å²) >= 11 is 4.90. The Morgan fingerprint density at radius 3 is 2.28 bits per heavy atom. The van der Waals surface area contributed by atoms with Gasteiger partial charge in [-0.15, -0.1) is 0 Å². The third-order valence-electron chi connectivity index (χ3n) is 3.41. The molecule has 0 aliphatic heterocycles. The topological polar surface area (TPSA) is 35.2 Å². The highest BCUT2D eigenvalue weighted by Crippen LogP contribution is 2.23. The lowest BCUT2D eigenvalue weighted by Gasteiger charge is -2.17. The van der Waals surface area contributed by atoms with E-state index in [-0.39, 0.29) is 0 Å². The summed E-state index contributed by atoms with van der Waals surface area (Å²) in [5, 5.41) is 0. The molecule has 0 heterocycles.